The van der Waals surface area contributed by atoms with E-state index in [1.165, 1.54) is 0 Å². The average molecular weight is 470 g/mol. The van der Waals surface area contributed by atoms with Crippen LogP contribution in [0.1, 0.15) is 22.8 Å². The summed E-state index contributed by atoms with van der Waals surface area (Å²) in [6, 6.07) is 13.6. The Hall–Kier alpha value is -3.10. The van der Waals surface area contributed by atoms with Crippen molar-refractivity contribution in [3.05, 3.63) is 70.3 Å². The van der Waals surface area contributed by atoms with Gasteiger partial charge in [0.25, 0.3) is 0 Å². The molecule has 33 heavy (non-hydrogen) atoms. The van der Waals surface area contributed by atoms with Crippen molar-refractivity contribution >= 4 is 17.5 Å². The van der Waals surface area contributed by atoms with Gasteiger partial charge in [0.05, 0.1) is 32.2 Å². The number of halogens is 1. The molecule has 0 saturated heterocycles. The van der Waals surface area contributed by atoms with Gasteiger partial charge in [-0.2, -0.15) is 0 Å². The first-order chi connectivity index (χ1) is 16.1. The largest absolute Gasteiger partial charge is 0.493 e. The maximum Gasteiger partial charge on any atom is 0.224 e. The molecular formula is C24H28ClN5O3. The van der Waals surface area contributed by atoms with Gasteiger partial charge in [0.2, 0.25) is 5.91 Å². The van der Waals surface area contributed by atoms with E-state index in [2.05, 4.69) is 25.0 Å². The van der Waals surface area contributed by atoms with Crippen LogP contribution in [0.3, 0.4) is 0 Å². The van der Waals surface area contributed by atoms with Crippen LogP contribution in [0, 0.1) is 0 Å². The van der Waals surface area contributed by atoms with E-state index in [4.69, 9.17) is 21.1 Å². The SMILES string of the molecule is COc1ccc(CN2CCc3nnc(CNC(=O)Cc4ccccc4)n3CC2)c(Cl)c1OC. The Morgan fingerprint density at radius 3 is 2.64 bits per heavy atom. The lowest BCUT2D eigenvalue weighted by molar-refractivity contribution is -0.120. The molecule has 0 bridgehead atoms. The normalized spacial score (nSPS) is 13.8. The molecule has 0 fully saturated rings. The van der Waals surface area contributed by atoms with E-state index in [1.807, 2.05) is 42.5 Å². The van der Waals surface area contributed by atoms with Gasteiger partial charge >= 0.3 is 0 Å². The molecule has 0 spiro atoms. The summed E-state index contributed by atoms with van der Waals surface area (Å²) in [6.45, 7) is 3.46. The maximum absolute atomic E-state index is 12.3. The van der Waals surface area contributed by atoms with Crippen molar-refractivity contribution < 1.29 is 14.3 Å². The zero-order chi connectivity index (χ0) is 23.2. The second-order valence-corrected chi connectivity index (χ2v) is 8.30. The smallest absolute Gasteiger partial charge is 0.224 e. The second-order valence-electron chi connectivity index (χ2n) is 7.92. The Morgan fingerprint density at radius 1 is 1.06 bits per heavy atom. The van der Waals surface area contributed by atoms with Gasteiger partial charge in [0.15, 0.2) is 17.3 Å². The van der Waals surface area contributed by atoms with Crippen LogP contribution in [-0.4, -0.2) is 52.9 Å². The van der Waals surface area contributed by atoms with Crippen LogP contribution in [0.15, 0.2) is 42.5 Å². The molecule has 0 radical (unpaired) electrons. The molecule has 1 aliphatic rings. The van der Waals surface area contributed by atoms with Crippen molar-refractivity contribution in [2.75, 3.05) is 27.3 Å². The van der Waals surface area contributed by atoms with Gasteiger partial charge < -0.3 is 19.4 Å². The topological polar surface area (TPSA) is 81.5 Å². The highest BCUT2D eigenvalue weighted by Gasteiger charge is 2.21. The van der Waals surface area contributed by atoms with Crippen LogP contribution >= 0.6 is 11.6 Å². The van der Waals surface area contributed by atoms with Crippen molar-refractivity contribution in [3.8, 4) is 11.5 Å². The Balaban J connectivity index is 1.36. The lowest BCUT2D eigenvalue weighted by atomic mass is 10.1. The third kappa shape index (κ3) is 5.46. The fraction of sp³-hybridized carbons (Fsp3) is 0.375. The monoisotopic (exact) mass is 469 g/mol. The molecule has 1 amide bonds. The Labute approximate surface area is 198 Å². The number of nitrogens with zero attached hydrogens (tertiary/aromatic N) is 4. The summed E-state index contributed by atoms with van der Waals surface area (Å²) in [5.41, 5.74) is 1.97. The maximum atomic E-state index is 12.3. The quantitative estimate of drug-likeness (QED) is 0.546. The summed E-state index contributed by atoms with van der Waals surface area (Å²) in [5, 5.41) is 12.2. The van der Waals surface area contributed by atoms with Gasteiger partial charge in [-0.05, 0) is 17.2 Å². The fourth-order valence-electron chi connectivity index (χ4n) is 4.03. The van der Waals surface area contributed by atoms with Gasteiger partial charge in [-0.15, -0.1) is 10.2 Å². The minimum atomic E-state index is -0.0307. The molecule has 2 heterocycles. The standard InChI is InChI=1S/C24H28ClN5O3/c1-32-19-9-8-18(23(25)24(19)33-2)16-29-11-10-20-27-28-21(30(20)13-12-29)15-26-22(31)14-17-6-4-3-5-7-17/h3-9H,10-16H2,1-2H3,(H,26,31). The third-order valence-corrected chi connectivity index (χ3v) is 6.22. The number of hydrogen-bond donors (Lipinski definition) is 1. The molecule has 0 aliphatic carbocycles. The molecule has 174 valence electrons. The van der Waals surface area contributed by atoms with Gasteiger partial charge in [0.1, 0.15) is 5.82 Å². The lowest BCUT2D eigenvalue weighted by Gasteiger charge is -2.21. The van der Waals surface area contributed by atoms with Crippen LogP contribution in [0.5, 0.6) is 11.5 Å². The first kappa shape index (κ1) is 23.1. The molecule has 2 aromatic carbocycles. The molecule has 1 aromatic heterocycles. The van der Waals surface area contributed by atoms with Crippen molar-refractivity contribution in [1.82, 2.24) is 25.0 Å². The highest BCUT2D eigenvalue weighted by molar-refractivity contribution is 6.33. The number of carbonyl (C=O) groups is 1. The molecule has 3 aromatic rings. The number of benzene rings is 2. The van der Waals surface area contributed by atoms with Gasteiger partial charge in [-0.25, -0.2) is 0 Å². The minimum Gasteiger partial charge on any atom is -0.493 e. The summed E-state index contributed by atoms with van der Waals surface area (Å²) < 4.78 is 12.9. The van der Waals surface area contributed by atoms with E-state index in [1.54, 1.807) is 14.2 Å². The number of fused-ring (bicyclic) bond motifs is 1. The number of rotatable bonds is 8. The van der Waals surface area contributed by atoms with Crippen molar-refractivity contribution in [2.45, 2.75) is 32.5 Å². The van der Waals surface area contributed by atoms with E-state index in [0.29, 0.717) is 36.0 Å². The number of nitrogens with one attached hydrogen (secondary N) is 1. The molecule has 9 heteroatoms. The summed E-state index contributed by atoms with van der Waals surface area (Å²) in [6.07, 6.45) is 1.12. The molecule has 8 nitrogen and oxygen atoms in total. The zero-order valence-electron chi connectivity index (χ0n) is 18.9. The average Bonchev–Trinajstić information content (AvgIpc) is 3.11. The van der Waals surface area contributed by atoms with E-state index in [-0.39, 0.29) is 5.91 Å². The molecule has 1 N–H and O–H groups in total. The summed E-state index contributed by atoms with van der Waals surface area (Å²) in [4.78, 5) is 14.7. The molecule has 4 rings (SSSR count). The Morgan fingerprint density at radius 2 is 1.88 bits per heavy atom. The summed E-state index contributed by atoms with van der Waals surface area (Å²) in [7, 11) is 3.19. The van der Waals surface area contributed by atoms with Gasteiger partial charge in [-0.3, -0.25) is 9.69 Å². The van der Waals surface area contributed by atoms with Crippen molar-refractivity contribution in [2.24, 2.45) is 0 Å². The minimum absolute atomic E-state index is 0.0307. The second kappa shape index (κ2) is 10.7. The fourth-order valence-corrected chi connectivity index (χ4v) is 4.32. The van der Waals surface area contributed by atoms with E-state index in [9.17, 15) is 4.79 Å². The van der Waals surface area contributed by atoms with Gasteiger partial charge in [0, 0.05) is 32.6 Å². The predicted octanol–water partition coefficient (Wildman–Crippen LogP) is 2.87. The van der Waals surface area contributed by atoms with Crippen LogP contribution in [-0.2, 0) is 37.3 Å². The van der Waals surface area contributed by atoms with Crippen molar-refractivity contribution in [1.29, 1.82) is 0 Å². The summed E-state index contributed by atoms with van der Waals surface area (Å²) >= 11 is 6.58. The first-order valence-electron chi connectivity index (χ1n) is 10.9. The molecular weight excluding hydrogens is 442 g/mol. The van der Waals surface area contributed by atoms with Gasteiger partial charge in [-0.1, -0.05) is 48.0 Å². The summed E-state index contributed by atoms with van der Waals surface area (Å²) in [5.74, 6) is 2.85. The van der Waals surface area contributed by atoms with Crippen LogP contribution in [0.4, 0.5) is 0 Å². The number of ether oxygens (including phenoxy) is 2. The van der Waals surface area contributed by atoms with Crippen LogP contribution < -0.4 is 14.8 Å². The number of amides is 1. The zero-order valence-corrected chi connectivity index (χ0v) is 19.6. The number of methoxy groups -OCH3 is 2. The number of carbonyl (C=O) groups excluding carboxylic acids is 1. The molecule has 0 saturated carbocycles. The van der Waals surface area contributed by atoms with Crippen LogP contribution in [0.25, 0.3) is 0 Å². The van der Waals surface area contributed by atoms with E-state index in [0.717, 1.165) is 48.8 Å². The first-order valence-corrected chi connectivity index (χ1v) is 11.3. The molecule has 1 aliphatic heterocycles. The van der Waals surface area contributed by atoms with E-state index < -0.39 is 0 Å². The lowest BCUT2D eigenvalue weighted by Crippen LogP contribution is -2.28. The number of hydrogen-bond acceptors (Lipinski definition) is 6. The van der Waals surface area contributed by atoms with E-state index >= 15 is 0 Å². The Bertz CT molecular complexity index is 1100. The number of aromatic nitrogens is 3. The third-order valence-electron chi connectivity index (χ3n) is 5.81. The van der Waals surface area contributed by atoms with Crippen molar-refractivity contribution in [3.63, 3.8) is 0 Å². The highest BCUT2D eigenvalue weighted by Crippen LogP contribution is 2.37. The predicted molar refractivity (Wildman–Crippen MR) is 126 cm³/mol. The highest BCUT2D eigenvalue weighted by atomic mass is 35.5. The Kier molecular flexibility index (Phi) is 7.47. The molecule has 0 atom stereocenters. The van der Waals surface area contributed by atoms with Crippen LogP contribution in [0.2, 0.25) is 5.02 Å². The molecule has 0 unspecified atom stereocenters.